The van der Waals surface area contributed by atoms with Gasteiger partial charge in [-0.3, -0.25) is 9.78 Å². The number of nitrogens with zero attached hydrogens (tertiary/aromatic N) is 1. The lowest BCUT2D eigenvalue weighted by Crippen LogP contribution is -2.12. The molecule has 0 aliphatic heterocycles. The van der Waals surface area contributed by atoms with Gasteiger partial charge in [0.15, 0.2) is 11.5 Å². The van der Waals surface area contributed by atoms with Gasteiger partial charge in [-0.25, -0.2) is 0 Å². The normalized spacial score (nSPS) is 10.1. The second-order valence-corrected chi connectivity index (χ2v) is 5.84. The molecule has 144 valence electrons. The third-order valence-electron chi connectivity index (χ3n) is 4.00. The molecule has 2 N–H and O–H groups in total. The van der Waals surface area contributed by atoms with Gasteiger partial charge in [0.1, 0.15) is 5.75 Å². The van der Waals surface area contributed by atoms with Crippen LogP contribution in [0, 0.1) is 0 Å². The maximum Gasteiger partial charge on any atom is 0.257 e. The first-order valence-corrected chi connectivity index (χ1v) is 8.52. The molecule has 0 bridgehead atoms. The van der Waals surface area contributed by atoms with Gasteiger partial charge in [-0.15, -0.1) is 0 Å². The van der Waals surface area contributed by atoms with Gasteiger partial charge >= 0.3 is 0 Å². The molecule has 1 aromatic heterocycles. The predicted molar refractivity (Wildman–Crippen MR) is 108 cm³/mol. The van der Waals surface area contributed by atoms with E-state index < -0.39 is 0 Å². The molecule has 0 aliphatic rings. The SMILES string of the molecule is COc1cccc(Nc2cncc(C(=O)Nc3ccc(OC)c(OC)c3)c2)c1. The highest BCUT2D eigenvalue weighted by atomic mass is 16.5. The van der Waals surface area contributed by atoms with E-state index in [0.29, 0.717) is 28.4 Å². The average molecular weight is 379 g/mol. The van der Waals surface area contributed by atoms with E-state index in [2.05, 4.69) is 15.6 Å². The zero-order chi connectivity index (χ0) is 19.9. The molecule has 28 heavy (non-hydrogen) atoms. The molecule has 7 nitrogen and oxygen atoms in total. The Balaban J connectivity index is 1.75. The predicted octanol–water partition coefficient (Wildman–Crippen LogP) is 4.10. The zero-order valence-electron chi connectivity index (χ0n) is 15.9. The van der Waals surface area contributed by atoms with Crippen molar-refractivity contribution in [2.45, 2.75) is 0 Å². The molecule has 3 aromatic rings. The number of hydrogen-bond acceptors (Lipinski definition) is 6. The van der Waals surface area contributed by atoms with Crippen molar-refractivity contribution in [3.63, 3.8) is 0 Å². The van der Waals surface area contributed by atoms with E-state index in [1.54, 1.807) is 51.8 Å². The van der Waals surface area contributed by atoms with Gasteiger partial charge in [-0.2, -0.15) is 0 Å². The Morgan fingerprint density at radius 2 is 1.64 bits per heavy atom. The molecular weight excluding hydrogens is 358 g/mol. The molecule has 0 atom stereocenters. The van der Waals surface area contributed by atoms with Crippen LogP contribution in [0.1, 0.15) is 10.4 Å². The van der Waals surface area contributed by atoms with E-state index in [-0.39, 0.29) is 5.91 Å². The van der Waals surface area contributed by atoms with Crippen LogP contribution < -0.4 is 24.8 Å². The summed E-state index contributed by atoms with van der Waals surface area (Å²) in [5.41, 5.74) is 2.53. The largest absolute Gasteiger partial charge is 0.497 e. The van der Waals surface area contributed by atoms with Crippen molar-refractivity contribution in [1.82, 2.24) is 4.98 Å². The van der Waals surface area contributed by atoms with Crippen LogP contribution in [0.5, 0.6) is 17.2 Å². The van der Waals surface area contributed by atoms with E-state index >= 15 is 0 Å². The number of aromatic nitrogens is 1. The first kappa shape index (κ1) is 19.0. The van der Waals surface area contributed by atoms with Gasteiger partial charge in [-0.1, -0.05) is 6.07 Å². The van der Waals surface area contributed by atoms with Crippen LogP contribution in [0.25, 0.3) is 0 Å². The van der Waals surface area contributed by atoms with Crippen molar-refractivity contribution in [3.05, 3.63) is 66.5 Å². The quantitative estimate of drug-likeness (QED) is 0.643. The molecular formula is C21H21N3O4. The Morgan fingerprint density at radius 1 is 0.821 bits per heavy atom. The molecule has 1 amide bonds. The smallest absolute Gasteiger partial charge is 0.257 e. The van der Waals surface area contributed by atoms with Crippen molar-refractivity contribution < 1.29 is 19.0 Å². The summed E-state index contributed by atoms with van der Waals surface area (Å²) in [5.74, 6) is 1.58. The summed E-state index contributed by atoms with van der Waals surface area (Å²) >= 11 is 0. The molecule has 0 unspecified atom stereocenters. The van der Waals surface area contributed by atoms with Gasteiger partial charge in [0.2, 0.25) is 0 Å². The number of ether oxygens (including phenoxy) is 3. The molecule has 1 heterocycles. The number of rotatable bonds is 7. The highest BCUT2D eigenvalue weighted by molar-refractivity contribution is 6.04. The minimum atomic E-state index is -0.283. The van der Waals surface area contributed by atoms with Crippen molar-refractivity contribution in [1.29, 1.82) is 0 Å². The van der Waals surface area contributed by atoms with Gasteiger partial charge in [-0.05, 0) is 30.3 Å². The summed E-state index contributed by atoms with van der Waals surface area (Å²) < 4.78 is 15.7. The van der Waals surface area contributed by atoms with E-state index in [0.717, 1.165) is 11.4 Å². The maximum absolute atomic E-state index is 12.6. The van der Waals surface area contributed by atoms with Crippen LogP contribution in [0.4, 0.5) is 17.1 Å². The van der Waals surface area contributed by atoms with Crippen LogP contribution >= 0.6 is 0 Å². The summed E-state index contributed by atoms with van der Waals surface area (Å²) in [5, 5.41) is 6.04. The monoisotopic (exact) mass is 379 g/mol. The van der Waals surface area contributed by atoms with Crippen molar-refractivity contribution in [2.24, 2.45) is 0 Å². The highest BCUT2D eigenvalue weighted by Gasteiger charge is 2.10. The first-order chi connectivity index (χ1) is 13.6. The number of carbonyl (C=O) groups is 1. The third-order valence-corrected chi connectivity index (χ3v) is 4.00. The third kappa shape index (κ3) is 4.50. The van der Waals surface area contributed by atoms with Crippen molar-refractivity contribution in [3.8, 4) is 17.2 Å². The Bertz CT molecular complexity index is 975. The van der Waals surface area contributed by atoms with Gasteiger partial charge < -0.3 is 24.8 Å². The lowest BCUT2D eigenvalue weighted by atomic mass is 10.2. The molecule has 7 heteroatoms. The van der Waals surface area contributed by atoms with Crippen LogP contribution in [-0.4, -0.2) is 32.2 Å². The Hall–Kier alpha value is -3.74. The number of nitrogens with one attached hydrogen (secondary N) is 2. The zero-order valence-corrected chi connectivity index (χ0v) is 15.9. The fourth-order valence-corrected chi connectivity index (χ4v) is 2.62. The standard InChI is InChI=1S/C21H21N3O4/c1-26-18-6-4-5-15(10-18)23-17-9-14(12-22-13-17)21(25)24-16-7-8-19(27-2)20(11-16)28-3/h4-13,23H,1-3H3,(H,24,25). The summed E-state index contributed by atoms with van der Waals surface area (Å²) in [7, 11) is 4.71. The maximum atomic E-state index is 12.6. The number of anilines is 3. The van der Waals surface area contributed by atoms with E-state index in [1.807, 2.05) is 24.3 Å². The fourth-order valence-electron chi connectivity index (χ4n) is 2.62. The van der Waals surface area contributed by atoms with Crippen LogP contribution in [0.2, 0.25) is 0 Å². The summed E-state index contributed by atoms with van der Waals surface area (Å²) in [6, 6.07) is 14.4. The number of methoxy groups -OCH3 is 3. The topological polar surface area (TPSA) is 81.7 Å². The second-order valence-electron chi connectivity index (χ2n) is 5.84. The molecule has 0 aliphatic carbocycles. The van der Waals surface area contributed by atoms with Crippen LogP contribution in [-0.2, 0) is 0 Å². The molecule has 0 spiro atoms. The molecule has 0 saturated carbocycles. The van der Waals surface area contributed by atoms with E-state index in [1.165, 1.54) is 6.20 Å². The summed E-state index contributed by atoms with van der Waals surface area (Å²) in [6.07, 6.45) is 3.15. The van der Waals surface area contributed by atoms with Crippen molar-refractivity contribution in [2.75, 3.05) is 32.0 Å². The second kappa shape index (κ2) is 8.77. The van der Waals surface area contributed by atoms with Crippen LogP contribution in [0.3, 0.4) is 0 Å². The average Bonchev–Trinajstić information content (AvgIpc) is 2.74. The number of hydrogen-bond donors (Lipinski definition) is 2. The van der Waals surface area contributed by atoms with Crippen molar-refractivity contribution >= 4 is 23.0 Å². The van der Waals surface area contributed by atoms with E-state index in [9.17, 15) is 4.79 Å². The summed E-state index contributed by atoms with van der Waals surface area (Å²) in [6.45, 7) is 0. The molecule has 2 aromatic carbocycles. The first-order valence-electron chi connectivity index (χ1n) is 8.52. The van der Waals surface area contributed by atoms with E-state index in [4.69, 9.17) is 14.2 Å². The molecule has 3 rings (SSSR count). The number of amides is 1. The van der Waals surface area contributed by atoms with Gasteiger partial charge in [0.05, 0.1) is 38.8 Å². The minimum absolute atomic E-state index is 0.283. The molecule has 0 fully saturated rings. The number of benzene rings is 2. The Morgan fingerprint density at radius 3 is 2.39 bits per heavy atom. The molecule has 0 saturated heterocycles. The number of pyridine rings is 1. The lowest BCUT2D eigenvalue weighted by molar-refractivity contribution is 0.102. The summed E-state index contributed by atoms with van der Waals surface area (Å²) in [4.78, 5) is 16.8. The van der Waals surface area contributed by atoms with Gasteiger partial charge in [0.25, 0.3) is 5.91 Å². The lowest BCUT2D eigenvalue weighted by Gasteiger charge is -2.11. The highest BCUT2D eigenvalue weighted by Crippen LogP contribution is 2.30. The fraction of sp³-hybridized carbons (Fsp3) is 0.143. The Labute approximate surface area is 163 Å². The van der Waals surface area contributed by atoms with Gasteiger partial charge in [0, 0.05) is 29.7 Å². The van der Waals surface area contributed by atoms with Crippen LogP contribution in [0.15, 0.2) is 60.9 Å². The molecule has 0 radical (unpaired) electrons. The minimum Gasteiger partial charge on any atom is -0.497 e. The number of carbonyl (C=O) groups excluding carboxylic acids is 1. The Kier molecular flexibility index (Phi) is 5.96.